The molecule has 0 aliphatic carbocycles. The van der Waals surface area contributed by atoms with Gasteiger partial charge in [0.1, 0.15) is 28.8 Å². The molecule has 350 valence electrons. The first-order valence-corrected chi connectivity index (χ1v) is 24.9. The summed E-state index contributed by atoms with van der Waals surface area (Å²) < 4.78 is 33.1. The lowest BCUT2D eigenvalue weighted by molar-refractivity contribution is -0.136. The molecular formula is C46H51BrN12O7S. The van der Waals surface area contributed by atoms with Crippen LogP contribution in [-0.2, 0) is 26.0 Å². The van der Waals surface area contributed by atoms with Gasteiger partial charge in [0.05, 0.1) is 45.9 Å². The third kappa shape index (κ3) is 9.18. The number of hydrogen-bond donors (Lipinski definition) is 3. The van der Waals surface area contributed by atoms with Crippen molar-refractivity contribution in [2.75, 3.05) is 91.0 Å². The van der Waals surface area contributed by atoms with E-state index in [0.29, 0.717) is 61.6 Å². The maximum atomic E-state index is 13.4. The highest BCUT2D eigenvalue weighted by Gasteiger charge is 2.45. The highest BCUT2D eigenvalue weighted by Crippen LogP contribution is 2.40. The molecule has 4 aliphatic rings. The monoisotopic (exact) mass is 994 g/mol. The van der Waals surface area contributed by atoms with Crippen LogP contribution in [0.1, 0.15) is 58.9 Å². The zero-order valence-electron chi connectivity index (χ0n) is 37.6. The van der Waals surface area contributed by atoms with Gasteiger partial charge in [-0.05, 0) is 89.5 Å². The molecule has 4 aliphatic heterocycles. The van der Waals surface area contributed by atoms with Crippen molar-refractivity contribution in [3.05, 3.63) is 82.2 Å². The van der Waals surface area contributed by atoms with E-state index in [0.717, 1.165) is 93.2 Å². The Balaban J connectivity index is 0.816. The third-order valence-corrected chi connectivity index (χ3v) is 14.8. The predicted octanol–water partition coefficient (Wildman–Crippen LogP) is 5.08. The molecule has 3 fully saturated rings. The summed E-state index contributed by atoms with van der Waals surface area (Å²) in [6.07, 6.45) is 8.91. The standard InChI is InChI=1S/C46H51BrN12O7S/c1-5-28-22-35(52-46-50-25-32(47)42(54-46)51-34-9-8-33-40(49-15-14-48-33)41(34)55(2)67(4,64)65)38(66-3)24-37(28)58-16-12-27(13-17-58)26-56-18-20-57(21-19-56)29-6-7-30-31(23-29)45(63)59(44(30)62)36-10-11-39(60)53-43(36)61/h6-9,14-15,22-25,27,36H,5,10-13,16-21,26H2,1-4H3,(H,53,60,61)(H2,50,51,52,54). The summed E-state index contributed by atoms with van der Waals surface area (Å²) in [7, 11) is -0.543. The first-order valence-electron chi connectivity index (χ1n) is 22.2. The summed E-state index contributed by atoms with van der Waals surface area (Å²) in [6.45, 7) is 8.26. The van der Waals surface area contributed by atoms with E-state index in [-0.39, 0.29) is 18.4 Å². The number of aromatic nitrogens is 4. The lowest BCUT2D eigenvalue weighted by Crippen LogP contribution is -2.54. The minimum absolute atomic E-state index is 0.0815. The van der Waals surface area contributed by atoms with Crippen molar-refractivity contribution < 1.29 is 32.3 Å². The van der Waals surface area contributed by atoms with Crippen molar-refractivity contribution >= 4 is 101 Å². The molecule has 67 heavy (non-hydrogen) atoms. The van der Waals surface area contributed by atoms with Gasteiger partial charge in [-0.25, -0.2) is 13.4 Å². The molecule has 1 atom stereocenters. The quantitative estimate of drug-likeness (QED) is 0.131. The number of sulfonamides is 1. The zero-order chi connectivity index (χ0) is 47.1. The zero-order valence-corrected chi connectivity index (χ0v) is 40.0. The fourth-order valence-corrected chi connectivity index (χ4v) is 10.2. The van der Waals surface area contributed by atoms with Crippen molar-refractivity contribution in [1.29, 1.82) is 0 Å². The number of rotatable bonds is 13. The number of nitrogens with zero attached hydrogens (tertiary/aromatic N) is 9. The van der Waals surface area contributed by atoms with Crippen LogP contribution in [0.5, 0.6) is 5.75 Å². The fourth-order valence-electron chi connectivity index (χ4n) is 9.39. The first-order chi connectivity index (χ1) is 32.2. The summed E-state index contributed by atoms with van der Waals surface area (Å²) in [6, 6.07) is 12.0. The smallest absolute Gasteiger partial charge is 0.262 e. The van der Waals surface area contributed by atoms with Crippen molar-refractivity contribution in [2.24, 2.45) is 5.92 Å². The summed E-state index contributed by atoms with van der Waals surface area (Å²) in [5.74, 6) is -0.122. The number of nitrogens with one attached hydrogen (secondary N) is 3. The van der Waals surface area contributed by atoms with Crippen LogP contribution in [0.2, 0.25) is 0 Å². The van der Waals surface area contributed by atoms with E-state index in [1.807, 2.05) is 6.07 Å². The van der Waals surface area contributed by atoms with Crippen molar-refractivity contribution in [2.45, 2.75) is 45.1 Å². The van der Waals surface area contributed by atoms with Gasteiger partial charge in [-0.15, -0.1) is 0 Å². The van der Waals surface area contributed by atoms with Gasteiger partial charge in [0.2, 0.25) is 27.8 Å². The van der Waals surface area contributed by atoms with Gasteiger partial charge in [0.15, 0.2) is 0 Å². The molecule has 0 radical (unpaired) electrons. The number of carbonyl (C=O) groups is 4. The second-order valence-corrected chi connectivity index (χ2v) is 20.1. The van der Waals surface area contributed by atoms with Crippen LogP contribution in [-0.4, -0.2) is 134 Å². The molecule has 1 unspecified atom stereocenters. The number of piperazine rings is 1. The molecule has 3 aromatic carbocycles. The molecule has 9 rings (SSSR count). The molecule has 19 nitrogen and oxygen atoms in total. The predicted molar refractivity (Wildman–Crippen MR) is 258 cm³/mol. The van der Waals surface area contributed by atoms with E-state index >= 15 is 0 Å². The van der Waals surface area contributed by atoms with Gasteiger partial charge in [-0.2, -0.15) is 4.98 Å². The Morgan fingerprint density at radius 1 is 0.866 bits per heavy atom. The van der Waals surface area contributed by atoms with Crippen molar-refractivity contribution in [3.8, 4) is 5.75 Å². The molecule has 21 heteroatoms. The molecule has 3 saturated heterocycles. The first kappa shape index (κ1) is 45.7. The van der Waals surface area contributed by atoms with E-state index in [1.54, 1.807) is 43.8 Å². The lowest BCUT2D eigenvalue weighted by Gasteiger charge is -2.40. The molecule has 4 amide bonds. The Labute approximate surface area is 396 Å². The maximum Gasteiger partial charge on any atom is 0.262 e. The number of imide groups is 2. The third-order valence-electron chi connectivity index (χ3n) is 13.1. The Bertz CT molecular complexity index is 2910. The van der Waals surface area contributed by atoms with Crippen molar-refractivity contribution in [3.63, 3.8) is 0 Å². The van der Waals surface area contributed by atoms with Gasteiger partial charge >= 0.3 is 0 Å². The molecule has 0 spiro atoms. The number of ether oxygens (including phenoxy) is 1. The minimum atomic E-state index is -3.65. The molecule has 3 N–H and O–H groups in total. The second-order valence-electron chi connectivity index (χ2n) is 17.2. The van der Waals surface area contributed by atoms with E-state index in [4.69, 9.17) is 9.72 Å². The van der Waals surface area contributed by atoms with Crippen molar-refractivity contribution in [1.82, 2.24) is 35.1 Å². The molecule has 0 saturated carbocycles. The highest BCUT2D eigenvalue weighted by atomic mass is 79.9. The number of amides is 4. The number of benzene rings is 3. The molecular weight excluding hydrogens is 945 g/mol. The fraction of sp³-hybridized carbons (Fsp3) is 0.391. The molecule has 2 aromatic heterocycles. The average Bonchev–Trinajstić information content (AvgIpc) is 3.57. The topological polar surface area (TPSA) is 215 Å². The number of piperidine rings is 2. The number of carbonyl (C=O) groups excluding carboxylic acids is 4. The largest absolute Gasteiger partial charge is 0.494 e. The van der Waals surface area contributed by atoms with E-state index < -0.39 is 39.7 Å². The van der Waals surface area contributed by atoms with Crippen LogP contribution in [0, 0.1) is 5.92 Å². The SMILES string of the molecule is CCc1cc(Nc2ncc(Br)c(Nc3ccc4nccnc4c3N(C)S(C)(=O)=O)n2)c(OC)cc1N1CCC(CN2CCN(c3ccc4c(c3)C(=O)N(C3CCC(=O)NC3=O)C4=O)CC2)CC1. The summed E-state index contributed by atoms with van der Waals surface area (Å²) in [4.78, 5) is 77.1. The van der Waals surface area contributed by atoms with E-state index in [9.17, 15) is 27.6 Å². The highest BCUT2D eigenvalue weighted by molar-refractivity contribution is 9.10. The Morgan fingerprint density at radius 3 is 2.33 bits per heavy atom. The normalized spacial score (nSPS) is 18.3. The number of halogens is 1. The maximum absolute atomic E-state index is 13.4. The average molecular weight is 996 g/mol. The molecule has 0 bridgehead atoms. The van der Waals surface area contributed by atoms with E-state index in [1.165, 1.54) is 17.5 Å². The van der Waals surface area contributed by atoms with Gasteiger partial charge in [0, 0.05) is 95.3 Å². The summed E-state index contributed by atoms with van der Waals surface area (Å²) >= 11 is 3.55. The number of fused-ring (bicyclic) bond motifs is 2. The van der Waals surface area contributed by atoms with Crippen LogP contribution >= 0.6 is 15.9 Å². The van der Waals surface area contributed by atoms with Gasteiger partial charge < -0.3 is 25.2 Å². The number of aryl methyl sites for hydroxylation is 1. The van der Waals surface area contributed by atoms with Crippen LogP contribution in [0.4, 0.5) is 40.2 Å². The molecule has 6 heterocycles. The van der Waals surface area contributed by atoms with Crippen LogP contribution in [0.25, 0.3) is 11.0 Å². The number of methoxy groups -OCH3 is 1. The summed E-state index contributed by atoms with van der Waals surface area (Å²) in [5.41, 5.74) is 6.19. The summed E-state index contributed by atoms with van der Waals surface area (Å²) in [5, 5.41) is 8.88. The van der Waals surface area contributed by atoms with Crippen LogP contribution in [0.3, 0.4) is 0 Å². The van der Waals surface area contributed by atoms with Gasteiger partial charge in [-0.3, -0.25) is 48.6 Å². The lowest BCUT2D eigenvalue weighted by atomic mass is 9.94. The Hall–Kier alpha value is -6.45. The van der Waals surface area contributed by atoms with Gasteiger partial charge in [-0.1, -0.05) is 6.92 Å². The van der Waals surface area contributed by atoms with Crippen LogP contribution in [0.15, 0.2) is 65.5 Å². The number of hydrogen-bond acceptors (Lipinski definition) is 16. The van der Waals surface area contributed by atoms with Crippen LogP contribution < -0.4 is 34.8 Å². The van der Waals surface area contributed by atoms with E-state index in [2.05, 4.69) is 80.6 Å². The Kier molecular flexibility index (Phi) is 12.7. The number of anilines is 7. The minimum Gasteiger partial charge on any atom is -0.494 e. The second kappa shape index (κ2) is 18.7. The van der Waals surface area contributed by atoms with Gasteiger partial charge in [0.25, 0.3) is 11.8 Å². The Morgan fingerprint density at radius 2 is 1.61 bits per heavy atom. The molecule has 5 aromatic rings.